The Labute approximate surface area is 76.9 Å². The molecule has 1 unspecified atom stereocenters. The van der Waals surface area contributed by atoms with E-state index in [0.29, 0.717) is 6.54 Å². The van der Waals surface area contributed by atoms with E-state index < -0.39 is 0 Å². The number of nitriles is 1. The fourth-order valence-corrected chi connectivity index (χ4v) is 1.53. The van der Waals surface area contributed by atoms with Gasteiger partial charge in [-0.3, -0.25) is 0 Å². The minimum atomic E-state index is 0.108. The first-order chi connectivity index (χ1) is 6.40. The SMILES string of the molecule is N#CNCC1Cc2ccccc2O1. The molecule has 0 bridgehead atoms. The van der Waals surface area contributed by atoms with Crippen LogP contribution in [-0.4, -0.2) is 12.6 Å². The van der Waals surface area contributed by atoms with Gasteiger partial charge in [0.25, 0.3) is 0 Å². The van der Waals surface area contributed by atoms with Crippen LogP contribution in [0.3, 0.4) is 0 Å². The highest BCUT2D eigenvalue weighted by Gasteiger charge is 2.21. The summed E-state index contributed by atoms with van der Waals surface area (Å²) in [5.74, 6) is 0.951. The van der Waals surface area contributed by atoms with Gasteiger partial charge in [-0.15, -0.1) is 0 Å². The summed E-state index contributed by atoms with van der Waals surface area (Å²) in [7, 11) is 0. The predicted molar refractivity (Wildman–Crippen MR) is 48.2 cm³/mol. The lowest BCUT2D eigenvalue weighted by atomic mass is 10.1. The smallest absolute Gasteiger partial charge is 0.176 e. The number of rotatable bonds is 2. The van der Waals surface area contributed by atoms with Gasteiger partial charge < -0.3 is 10.1 Å². The Morgan fingerprint density at radius 2 is 2.38 bits per heavy atom. The van der Waals surface area contributed by atoms with Crippen molar-refractivity contribution in [3.63, 3.8) is 0 Å². The van der Waals surface area contributed by atoms with Gasteiger partial charge in [-0.05, 0) is 11.6 Å². The van der Waals surface area contributed by atoms with Crippen LogP contribution in [0.25, 0.3) is 0 Å². The molecular weight excluding hydrogens is 164 g/mol. The van der Waals surface area contributed by atoms with E-state index in [4.69, 9.17) is 10.00 Å². The highest BCUT2D eigenvalue weighted by molar-refractivity contribution is 5.37. The average molecular weight is 174 g/mol. The second-order valence-electron chi connectivity index (χ2n) is 3.04. The predicted octanol–water partition coefficient (Wildman–Crippen LogP) is 1.06. The van der Waals surface area contributed by atoms with E-state index in [1.165, 1.54) is 5.56 Å². The van der Waals surface area contributed by atoms with Crippen molar-refractivity contribution < 1.29 is 4.74 Å². The molecule has 2 rings (SSSR count). The molecule has 0 aliphatic carbocycles. The van der Waals surface area contributed by atoms with Crippen LogP contribution in [0.5, 0.6) is 5.75 Å². The minimum Gasteiger partial charge on any atom is -0.488 e. The van der Waals surface area contributed by atoms with E-state index in [-0.39, 0.29) is 6.10 Å². The van der Waals surface area contributed by atoms with Crippen LogP contribution in [0.4, 0.5) is 0 Å². The average Bonchev–Trinajstić information content (AvgIpc) is 2.57. The van der Waals surface area contributed by atoms with Gasteiger partial charge in [-0.2, -0.15) is 5.26 Å². The van der Waals surface area contributed by atoms with Crippen LogP contribution in [0.1, 0.15) is 5.56 Å². The number of nitrogens with zero attached hydrogens (tertiary/aromatic N) is 1. The van der Waals surface area contributed by atoms with Crippen molar-refractivity contribution in [2.45, 2.75) is 12.5 Å². The third-order valence-electron chi connectivity index (χ3n) is 2.12. The molecule has 0 saturated heterocycles. The maximum absolute atomic E-state index is 8.33. The van der Waals surface area contributed by atoms with Gasteiger partial charge in [-0.1, -0.05) is 18.2 Å². The Kier molecular flexibility index (Phi) is 2.05. The lowest BCUT2D eigenvalue weighted by Gasteiger charge is -2.07. The number of fused-ring (bicyclic) bond motifs is 1. The highest BCUT2D eigenvalue weighted by atomic mass is 16.5. The summed E-state index contributed by atoms with van der Waals surface area (Å²) >= 11 is 0. The van der Waals surface area contributed by atoms with Gasteiger partial charge in [0.2, 0.25) is 0 Å². The molecule has 3 heteroatoms. The van der Waals surface area contributed by atoms with Gasteiger partial charge in [0, 0.05) is 6.42 Å². The molecule has 0 spiro atoms. The van der Waals surface area contributed by atoms with Crippen molar-refractivity contribution in [1.29, 1.82) is 5.26 Å². The molecule has 1 N–H and O–H groups in total. The van der Waals surface area contributed by atoms with E-state index in [2.05, 4.69) is 11.4 Å². The molecule has 1 aliphatic rings. The molecule has 3 nitrogen and oxygen atoms in total. The molecule has 1 aromatic rings. The summed E-state index contributed by atoms with van der Waals surface area (Å²) in [5.41, 5.74) is 1.23. The summed E-state index contributed by atoms with van der Waals surface area (Å²) < 4.78 is 5.60. The second-order valence-corrected chi connectivity index (χ2v) is 3.04. The number of benzene rings is 1. The molecule has 66 valence electrons. The highest BCUT2D eigenvalue weighted by Crippen LogP contribution is 2.27. The summed E-state index contributed by atoms with van der Waals surface area (Å²) in [6.45, 7) is 0.588. The number of para-hydroxylation sites is 1. The molecule has 0 aromatic heterocycles. The van der Waals surface area contributed by atoms with Crippen LogP contribution < -0.4 is 10.1 Å². The minimum absolute atomic E-state index is 0.108. The van der Waals surface area contributed by atoms with E-state index in [1.807, 2.05) is 24.4 Å². The molecule has 1 atom stereocenters. The largest absolute Gasteiger partial charge is 0.488 e. The summed E-state index contributed by atoms with van der Waals surface area (Å²) in [5, 5.41) is 10.9. The van der Waals surface area contributed by atoms with Crippen LogP contribution in [0.2, 0.25) is 0 Å². The first kappa shape index (κ1) is 7.93. The summed E-state index contributed by atoms with van der Waals surface area (Å²) in [4.78, 5) is 0. The third-order valence-corrected chi connectivity index (χ3v) is 2.12. The molecule has 0 amide bonds. The van der Waals surface area contributed by atoms with E-state index >= 15 is 0 Å². The summed E-state index contributed by atoms with van der Waals surface area (Å²) in [6, 6.07) is 7.98. The molecule has 1 heterocycles. The van der Waals surface area contributed by atoms with Crippen molar-refractivity contribution in [2.24, 2.45) is 0 Å². The lowest BCUT2D eigenvalue weighted by molar-refractivity contribution is 0.234. The Balaban J connectivity index is 2.02. The van der Waals surface area contributed by atoms with Crippen molar-refractivity contribution in [1.82, 2.24) is 5.32 Å². The molecular formula is C10H10N2O. The molecule has 13 heavy (non-hydrogen) atoms. The van der Waals surface area contributed by atoms with Crippen LogP contribution in [0.15, 0.2) is 24.3 Å². The molecule has 0 fully saturated rings. The molecule has 0 radical (unpaired) electrons. The fourth-order valence-electron chi connectivity index (χ4n) is 1.53. The van der Waals surface area contributed by atoms with Crippen molar-refractivity contribution in [2.75, 3.05) is 6.54 Å². The number of nitrogens with one attached hydrogen (secondary N) is 1. The fraction of sp³-hybridized carbons (Fsp3) is 0.300. The maximum Gasteiger partial charge on any atom is 0.176 e. The third kappa shape index (κ3) is 1.57. The van der Waals surface area contributed by atoms with Crippen LogP contribution >= 0.6 is 0 Å². The van der Waals surface area contributed by atoms with E-state index in [1.54, 1.807) is 0 Å². The Hall–Kier alpha value is -1.69. The van der Waals surface area contributed by atoms with Crippen LogP contribution in [0, 0.1) is 11.5 Å². The zero-order valence-corrected chi connectivity index (χ0v) is 7.16. The van der Waals surface area contributed by atoms with E-state index in [0.717, 1.165) is 12.2 Å². The van der Waals surface area contributed by atoms with Gasteiger partial charge in [0.15, 0.2) is 6.19 Å². The molecule has 0 saturated carbocycles. The maximum atomic E-state index is 8.33. The van der Waals surface area contributed by atoms with Gasteiger partial charge in [0.1, 0.15) is 11.9 Å². The van der Waals surface area contributed by atoms with Gasteiger partial charge in [-0.25, -0.2) is 0 Å². The Bertz CT molecular complexity index is 318. The van der Waals surface area contributed by atoms with Gasteiger partial charge in [0.05, 0.1) is 6.54 Å². The molecule has 1 aliphatic heterocycles. The number of hydrogen-bond acceptors (Lipinski definition) is 3. The molecule has 1 aromatic carbocycles. The van der Waals surface area contributed by atoms with Crippen molar-refractivity contribution >= 4 is 0 Å². The second kappa shape index (κ2) is 3.36. The standard InChI is InChI=1S/C10H10N2O/c11-7-12-6-9-5-8-3-1-2-4-10(8)13-9/h1-4,9,12H,5-6H2. The van der Waals surface area contributed by atoms with Crippen LogP contribution in [-0.2, 0) is 6.42 Å². The lowest BCUT2D eigenvalue weighted by Crippen LogP contribution is -2.26. The Morgan fingerprint density at radius 1 is 1.54 bits per heavy atom. The number of ether oxygens (including phenoxy) is 1. The monoisotopic (exact) mass is 174 g/mol. The summed E-state index contributed by atoms with van der Waals surface area (Å²) in [6.07, 6.45) is 2.89. The quantitative estimate of drug-likeness (QED) is 0.538. The normalized spacial score (nSPS) is 18.5. The topological polar surface area (TPSA) is 45.0 Å². The van der Waals surface area contributed by atoms with Crippen molar-refractivity contribution in [3.8, 4) is 11.9 Å². The van der Waals surface area contributed by atoms with Crippen molar-refractivity contribution in [3.05, 3.63) is 29.8 Å². The van der Waals surface area contributed by atoms with E-state index in [9.17, 15) is 0 Å². The first-order valence-corrected chi connectivity index (χ1v) is 4.26. The Morgan fingerprint density at radius 3 is 3.15 bits per heavy atom. The zero-order valence-electron chi connectivity index (χ0n) is 7.16. The zero-order chi connectivity index (χ0) is 9.10. The number of hydrogen-bond donors (Lipinski definition) is 1. The van der Waals surface area contributed by atoms with Gasteiger partial charge >= 0.3 is 0 Å². The first-order valence-electron chi connectivity index (χ1n) is 4.26.